The van der Waals surface area contributed by atoms with Crippen LogP contribution in [0.25, 0.3) is 17.2 Å². The molecular formula is C25H22Cl2F7N9O2. The average molecular weight is 684 g/mol. The van der Waals surface area contributed by atoms with Crippen LogP contribution < -0.4 is 16.3 Å². The molecule has 1 saturated heterocycles. The molecule has 3 aromatic heterocycles. The first-order valence-electron chi connectivity index (χ1n) is 12.8. The van der Waals surface area contributed by atoms with E-state index in [1.807, 2.05) is 5.32 Å². The number of carbonyl (C=O) groups excluding carboxylic acids is 1. The highest BCUT2D eigenvalue weighted by atomic mass is 35.5. The number of hydrogen-bond acceptors (Lipinski definition) is 7. The number of nitrogens with zero attached hydrogens (tertiary/aromatic N) is 7. The van der Waals surface area contributed by atoms with E-state index in [9.17, 15) is 40.3 Å². The first kappa shape index (κ1) is 33.9. The van der Waals surface area contributed by atoms with Crippen LogP contribution in [0.15, 0.2) is 53.7 Å². The molecule has 0 saturated carbocycles. The molecule has 3 atom stereocenters. The number of pyridine rings is 1. The van der Waals surface area contributed by atoms with E-state index in [-0.39, 0.29) is 42.6 Å². The maximum Gasteiger partial charge on any atom is 0.420 e. The maximum atomic E-state index is 14.1. The van der Waals surface area contributed by atoms with Crippen LogP contribution in [-0.4, -0.2) is 71.0 Å². The molecular weight excluding hydrogens is 662 g/mol. The van der Waals surface area contributed by atoms with Crippen molar-refractivity contribution >= 4 is 29.9 Å². The van der Waals surface area contributed by atoms with Crippen LogP contribution in [0, 0.1) is 0 Å². The predicted octanol–water partition coefficient (Wildman–Crippen LogP) is 3.58. The standard InChI is InChI=1S/C25H21ClF7N9O2.ClH/c26-14-5-3-13(4-6-14)20-39-41(11-19-36-12-42(38-19)21-16(24(28,29)30)2-1-7-34-21)23(44)40(20)10-18(25(31,32)33)37-22(43)17-8-15(27)9-35-17;/h1-7,12,15,17-18,35H,8-11H2,(H,37,43);1H/t15-,17-,18?;/m0./s1. The number of amides is 1. The summed E-state index contributed by atoms with van der Waals surface area (Å²) in [4.78, 5) is 33.5. The smallest absolute Gasteiger partial charge is 0.342 e. The quantitative estimate of drug-likeness (QED) is 0.272. The van der Waals surface area contributed by atoms with Crippen LogP contribution >= 0.6 is 24.0 Å². The molecule has 0 spiro atoms. The minimum Gasteiger partial charge on any atom is -0.342 e. The highest BCUT2D eigenvalue weighted by molar-refractivity contribution is 6.30. The lowest BCUT2D eigenvalue weighted by Crippen LogP contribution is -2.53. The number of rotatable bonds is 8. The van der Waals surface area contributed by atoms with Gasteiger partial charge < -0.3 is 10.6 Å². The first-order valence-corrected chi connectivity index (χ1v) is 13.2. The van der Waals surface area contributed by atoms with Gasteiger partial charge in [0.05, 0.1) is 12.6 Å². The Morgan fingerprint density at radius 1 is 1.09 bits per heavy atom. The number of aromatic nitrogens is 7. The lowest BCUT2D eigenvalue weighted by molar-refractivity contribution is -0.164. The summed E-state index contributed by atoms with van der Waals surface area (Å²) in [6.45, 7) is -1.84. The Morgan fingerprint density at radius 2 is 1.80 bits per heavy atom. The molecule has 4 heterocycles. The van der Waals surface area contributed by atoms with Crippen molar-refractivity contribution in [2.24, 2.45) is 0 Å². The molecule has 11 nitrogen and oxygen atoms in total. The van der Waals surface area contributed by atoms with Crippen molar-refractivity contribution < 1.29 is 35.5 Å². The van der Waals surface area contributed by atoms with Crippen LogP contribution in [0.3, 0.4) is 0 Å². The molecule has 1 aliphatic heterocycles. The molecule has 5 rings (SSSR count). The summed E-state index contributed by atoms with van der Waals surface area (Å²) in [6, 6.07) is 3.77. The van der Waals surface area contributed by atoms with Gasteiger partial charge in [0.1, 0.15) is 30.6 Å². The van der Waals surface area contributed by atoms with Gasteiger partial charge in [0, 0.05) is 29.7 Å². The van der Waals surface area contributed by atoms with Crippen molar-refractivity contribution in [3.8, 4) is 17.2 Å². The van der Waals surface area contributed by atoms with Crippen LogP contribution in [0.4, 0.5) is 30.7 Å². The van der Waals surface area contributed by atoms with Gasteiger partial charge in [-0.3, -0.25) is 9.36 Å². The highest BCUT2D eigenvalue weighted by Crippen LogP contribution is 2.32. The van der Waals surface area contributed by atoms with E-state index in [2.05, 4.69) is 25.5 Å². The van der Waals surface area contributed by atoms with Gasteiger partial charge in [-0.25, -0.2) is 28.5 Å². The largest absolute Gasteiger partial charge is 0.420 e. The molecule has 20 heteroatoms. The third-order valence-corrected chi connectivity index (χ3v) is 6.89. The van der Waals surface area contributed by atoms with E-state index < -0.39 is 66.7 Å². The van der Waals surface area contributed by atoms with Crippen LogP contribution in [0.1, 0.15) is 17.8 Å². The van der Waals surface area contributed by atoms with Gasteiger partial charge in [0.15, 0.2) is 17.5 Å². The molecule has 45 heavy (non-hydrogen) atoms. The average Bonchev–Trinajstić information content (AvgIpc) is 3.68. The fourth-order valence-electron chi connectivity index (χ4n) is 4.51. The minimum absolute atomic E-state index is 0. The molecule has 1 amide bonds. The molecule has 0 radical (unpaired) electrons. The summed E-state index contributed by atoms with van der Waals surface area (Å²) in [5.74, 6) is -2.12. The second-order valence-corrected chi connectivity index (χ2v) is 10.2. The summed E-state index contributed by atoms with van der Waals surface area (Å²) in [7, 11) is 0. The van der Waals surface area contributed by atoms with Crippen molar-refractivity contribution in [1.29, 1.82) is 0 Å². The zero-order chi connectivity index (χ0) is 31.8. The minimum atomic E-state index is -5.03. The van der Waals surface area contributed by atoms with Crippen LogP contribution in [0.2, 0.25) is 5.02 Å². The number of halogens is 9. The molecule has 2 N–H and O–H groups in total. The normalized spacial score (nSPS) is 17.6. The van der Waals surface area contributed by atoms with E-state index in [1.54, 1.807) is 0 Å². The zero-order valence-corrected chi connectivity index (χ0v) is 24.1. The fourth-order valence-corrected chi connectivity index (χ4v) is 4.63. The third kappa shape index (κ3) is 7.62. The summed E-state index contributed by atoms with van der Waals surface area (Å²) >= 11 is 5.93. The van der Waals surface area contributed by atoms with Gasteiger partial charge in [0.2, 0.25) is 5.91 Å². The highest BCUT2D eigenvalue weighted by Gasteiger charge is 2.43. The van der Waals surface area contributed by atoms with Crippen molar-refractivity contribution in [2.75, 3.05) is 6.54 Å². The Labute approximate surface area is 259 Å². The van der Waals surface area contributed by atoms with E-state index >= 15 is 0 Å². The van der Waals surface area contributed by atoms with Crippen molar-refractivity contribution in [3.63, 3.8) is 0 Å². The second kappa shape index (κ2) is 13.1. The van der Waals surface area contributed by atoms with Gasteiger partial charge >= 0.3 is 18.0 Å². The molecule has 0 bridgehead atoms. The number of benzene rings is 1. The Kier molecular flexibility index (Phi) is 9.88. The maximum absolute atomic E-state index is 14.1. The number of nitrogens with one attached hydrogen (secondary N) is 2. The van der Waals surface area contributed by atoms with Crippen molar-refractivity contribution in [2.45, 2.75) is 50.1 Å². The molecule has 0 aliphatic carbocycles. The topological polar surface area (TPSA) is 125 Å². The number of hydrogen-bond donors (Lipinski definition) is 2. The molecule has 1 aliphatic rings. The Balaban J connectivity index is 0.00000461. The monoisotopic (exact) mass is 683 g/mol. The van der Waals surface area contributed by atoms with Crippen molar-refractivity contribution in [3.05, 3.63) is 75.8 Å². The Morgan fingerprint density at radius 3 is 2.42 bits per heavy atom. The second-order valence-electron chi connectivity index (χ2n) is 9.76. The molecule has 1 fully saturated rings. The Bertz CT molecular complexity index is 1700. The van der Waals surface area contributed by atoms with Gasteiger partial charge in [-0.15, -0.1) is 22.6 Å². The first-order chi connectivity index (χ1) is 20.7. The molecule has 1 aromatic carbocycles. The zero-order valence-electron chi connectivity index (χ0n) is 22.6. The van der Waals surface area contributed by atoms with E-state index in [0.29, 0.717) is 9.59 Å². The third-order valence-electron chi connectivity index (χ3n) is 6.64. The van der Waals surface area contributed by atoms with Crippen molar-refractivity contribution in [1.82, 2.24) is 44.7 Å². The lowest BCUT2D eigenvalue weighted by Gasteiger charge is -2.24. The summed E-state index contributed by atoms with van der Waals surface area (Å²) in [5, 5.41) is 12.7. The molecule has 4 aromatic rings. The van der Waals surface area contributed by atoms with E-state index in [4.69, 9.17) is 11.6 Å². The SMILES string of the molecule is Cl.O=C(NC(Cn1c(-c2ccc(Cl)cc2)nn(Cc2ncn(-c3ncccc3C(F)(F)F)n2)c1=O)C(F)(F)F)[C@@H]1C[C@H](F)CN1. The van der Waals surface area contributed by atoms with Gasteiger partial charge in [-0.1, -0.05) is 11.6 Å². The summed E-state index contributed by atoms with van der Waals surface area (Å²) < 4.78 is 98.4. The molecule has 1 unspecified atom stereocenters. The fraction of sp³-hybridized carbons (Fsp3) is 0.360. The van der Waals surface area contributed by atoms with Gasteiger partial charge in [-0.05, 0) is 36.4 Å². The number of alkyl halides is 7. The lowest BCUT2D eigenvalue weighted by atomic mass is 10.1. The van der Waals surface area contributed by atoms with E-state index in [1.165, 1.54) is 24.3 Å². The van der Waals surface area contributed by atoms with Crippen LogP contribution in [0.5, 0.6) is 0 Å². The molecule has 242 valence electrons. The summed E-state index contributed by atoms with van der Waals surface area (Å²) in [5.41, 5.74) is -1.97. The number of carbonyl (C=O) groups is 1. The predicted molar refractivity (Wildman–Crippen MR) is 147 cm³/mol. The van der Waals surface area contributed by atoms with Crippen LogP contribution in [-0.2, 0) is 24.1 Å². The Hall–Kier alpha value is -4.03. The summed E-state index contributed by atoms with van der Waals surface area (Å²) in [6.07, 6.45) is -9.45. The van der Waals surface area contributed by atoms with E-state index in [0.717, 1.165) is 34.0 Å². The van der Waals surface area contributed by atoms with Gasteiger partial charge in [-0.2, -0.15) is 26.3 Å². The van der Waals surface area contributed by atoms with Gasteiger partial charge in [0.25, 0.3) is 0 Å².